The normalized spacial score (nSPS) is 15.5. The molecule has 114 valence electrons. The molecule has 0 saturated heterocycles. The Balaban J connectivity index is 2.19. The van der Waals surface area contributed by atoms with E-state index in [1.807, 2.05) is 13.8 Å². The number of hydrogen-bond donors (Lipinski definition) is 2. The Labute approximate surface area is 126 Å². The van der Waals surface area contributed by atoms with Crippen molar-refractivity contribution in [3.05, 3.63) is 46.0 Å². The van der Waals surface area contributed by atoms with Gasteiger partial charge in [-0.25, -0.2) is 9.67 Å². The maximum absolute atomic E-state index is 12.4. The van der Waals surface area contributed by atoms with E-state index >= 15 is 0 Å². The molecule has 1 aliphatic carbocycles. The van der Waals surface area contributed by atoms with Crippen LogP contribution in [0.2, 0.25) is 0 Å². The van der Waals surface area contributed by atoms with Crippen molar-refractivity contribution < 1.29 is 4.79 Å². The minimum absolute atomic E-state index is 0.0831. The fourth-order valence-electron chi connectivity index (χ4n) is 2.68. The lowest BCUT2D eigenvalue weighted by molar-refractivity contribution is 0.104. The molecule has 0 spiro atoms. The maximum atomic E-state index is 12.4. The lowest BCUT2D eigenvalue weighted by Crippen LogP contribution is -2.22. The topological polar surface area (TPSA) is 98.2 Å². The van der Waals surface area contributed by atoms with Gasteiger partial charge in [-0.2, -0.15) is 0 Å². The number of rotatable bonds is 3. The number of nitrogen functional groups attached to an aromatic ring is 1. The summed E-state index contributed by atoms with van der Waals surface area (Å²) in [5, 5.41) is 0. The molecule has 0 fully saturated rings. The molecule has 0 saturated carbocycles. The van der Waals surface area contributed by atoms with E-state index in [2.05, 4.69) is 9.98 Å². The van der Waals surface area contributed by atoms with Crippen molar-refractivity contribution in [3.63, 3.8) is 0 Å². The van der Waals surface area contributed by atoms with Gasteiger partial charge in [0.2, 0.25) is 0 Å². The van der Waals surface area contributed by atoms with Gasteiger partial charge >= 0.3 is 0 Å². The molecule has 0 bridgehead atoms. The summed E-state index contributed by atoms with van der Waals surface area (Å²) in [5.74, 6) is 0.250. The van der Waals surface area contributed by atoms with Crippen molar-refractivity contribution >= 4 is 23.0 Å². The molecule has 0 aliphatic heterocycles. The third-order valence-corrected chi connectivity index (χ3v) is 3.74. The van der Waals surface area contributed by atoms with Gasteiger partial charge in [0.25, 0.3) is 5.56 Å². The van der Waals surface area contributed by atoms with Crippen LogP contribution in [-0.2, 0) is 13.1 Å². The number of H-pyrrole nitrogens is 1. The Morgan fingerprint density at radius 1 is 1.18 bits per heavy atom. The maximum Gasteiger partial charge on any atom is 0.294 e. The van der Waals surface area contributed by atoms with E-state index in [1.165, 1.54) is 6.08 Å². The van der Waals surface area contributed by atoms with Crippen LogP contribution in [-0.4, -0.2) is 25.8 Å². The number of nitrogens with one attached hydrogen (secondary N) is 1. The van der Waals surface area contributed by atoms with Crippen molar-refractivity contribution in [2.75, 3.05) is 5.73 Å². The van der Waals surface area contributed by atoms with Gasteiger partial charge in [0.05, 0.1) is 11.4 Å². The smallest absolute Gasteiger partial charge is 0.294 e. The standard InChI is InChI=1S/C15H17N5O2/c1-3-19-14(16)13(15(22)20(19)4-2)18-10-5-6-11(21)9-7-8-17-12(9)10/h5-8,17H,3-4,16H2,1-2H3/b18-10+. The van der Waals surface area contributed by atoms with Crippen LogP contribution in [0.4, 0.5) is 11.5 Å². The Morgan fingerprint density at radius 2 is 1.91 bits per heavy atom. The number of ketones is 1. The fraction of sp³-hybridized carbons (Fsp3) is 0.267. The number of aromatic nitrogens is 3. The van der Waals surface area contributed by atoms with E-state index in [4.69, 9.17) is 5.73 Å². The van der Waals surface area contributed by atoms with Gasteiger partial charge in [-0.05, 0) is 32.1 Å². The largest absolute Gasteiger partial charge is 0.382 e. The molecule has 2 heterocycles. The zero-order valence-electron chi connectivity index (χ0n) is 12.5. The minimum atomic E-state index is -0.229. The number of carbonyl (C=O) groups excluding carboxylic acids is 1. The summed E-state index contributed by atoms with van der Waals surface area (Å²) >= 11 is 0. The molecule has 7 heteroatoms. The first-order valence-electron chi connectivity index (χ1n) is 7.16. The van der Waals surface area contributed by atoms with Crippen molar-refractivity contribution in [2.24, 2.45) is 4.99 Å². The highest BCUT2D eigenvalue weighted by atomic mass is 16.1. The zero-order chi connectivity index (χ0) is 15.9. The second-order valence-electron chi connectivity index (χ2n) is 4.93. The van der Waals surface area contributed by atoms with Gasteiger partial charge in [-0.1, -0.05) is 0 Å². The first kappa shape index (κ1) is 14.1. The van der Waals surface area contributed by atoms with E-state index in [0.717, 1.165) is 0 Å². The highest BCUT2D eigenvalue weighted by Gasteiger charge is 2.21. The molecule has 2 aromatic rings. The number of anilines is 1. The van der Waals surface area contributed by atoms with Crippen LogP contribution in [0.25, 0.3) is 0 Å². The number of nitrogens with two attached hydrogens (primary N) is 1. The molecule has 22 heavy (non-hydrogen) atoms. The summed E-state index contributed by atoms with van der Waals surface area (Å²) < 4.78 is 3.26. The lowest BCUT2D eigenvalue weighted by atomic mass is 10.0. The molecule has 2 aromatic heterocycles. The molecule has 0 aromatic carbocycles. The van der Waals surface area contributed by atoms with Crippen LogP contribution in [0.15, 0.2) is 34.2 Å². The second-order valence-corrected chi connectivity index (χ2v) is 4.93. The van der Waals surface area contributed by atoms with Crippen LogP contribution >= 0.6 is 0 Å². The number of carbonyl (C=O) groups is 1. The third kappa shape index (κ3) is 1.93. The lowest BCUT2D eigenvalue weighted by Gasteiger charge is -2.08. The average Bonchev–Trinajstić information content (AvgIpc) is 3.08. The van der Waals surface area contributed by atoms with Crippen LogP contribution in [0.3, 0.4) is 0 Å². The molecule has 7 nitrogen and oxygen atoms in total. The van der Waals surface area contributed by atoms with Gasteiger partial charge < -0.3 is 10.7 Å². The third-order valence-electron chi connectivity index (χ3n) is 3.74. The fourth-order valence-corrected chi connectivity index (χ4v) is 2.68. The van der Waals surface area contributed by atoms with Crippen LogP contribution < -0.4 is 11.3 Å². The van der Waals surface area contributed by atoms with Crippen molar-refractivity contribution in [1.82, 2.24) is 14.3 Å². The number of hydrogen-bond acceptors (Lipinski definition) is 4. The molecule has 0 atom stereocenters. The van der Waals surface area contributed by atoms with E-state index < -0.39 is 0 Å². The van der Waals surface area contributed by atoms with Gasteiger partial charge in [0, 0.05) is 24.8 Å². The second kappa shape index (κ2) is 5.18. The number of allylic oxidation sites excluding steroid dienone is 2. The Hall–Kier alpha value is -2.83. The van der Waals surface area contributed by atoms with E-state index in [0.29, 0.717) is 35.9 Å². The summed E-state index contributed by atoms with van der Waals surface area (Å²) in [4.78, 5) is 31.6. The monoisotopic (exact) mass is 299 g/mol. The van der Waals surface area contributed by atoms with E-state index in [9.17, 15) is 9.59 Å². The predicted molar refractivity (Wildman–Crippen MR) is 84.9 cm³/mol. The Morgan fingerprint density at radius 3 is 2.55 bits per heavy atom. The summed E-state index contributed by atoms with van der Waals surface area (Å²) in [6, 6.07) is 1.70. The van der Waals surface area contributed by atoms with Crippen LogP contribution in [0, 0.1) is 0 Å². The molecule has 0 amide bonds. The molecular weight excluding hydrogens is 282 g/mol. The number of fused-ring (bicyclic) bond motifs is 1. The summed E-state index contributed by atoms with van der Waals surface area (Å²) in [6.45, 7) is 4.90. The van der Waals surface area contributed by atoms with Crippen molar-refractivity contribution in [1.29, 1.82) is 0 Å². The van der Waals surface area contributed by atoms with E-state index in [-0.39, 0.29) is 17.0 Å². The van der Waals surface area contributed by atoms with Crippen molar-refractivity contribution in [3.8, 4) is 0 Å². The summed E-state index contributed by atoms with van der Waals surface area (Å²) in [6.07, 6.45) is 4.72. The van der Waals surface area contributed by atoms with E-state index in [1.54, 1.807) is 27.7 Å². The van der Waals surface area contributed by atoms with Gasteiger partial charge in [0.1, 0.15) is 0 Å². The van der Waals surface area contributed by atoms with Gasteiger partial charge in [-0.15, -0.1) is 0 Å². The Bertz CT molecular complexity index is 863. The minimum Gasteiger partial charge on any atom is -0.382 e. The molecule has 3 N–H and O–H groups in total. The first-order chi connectivity index (χ1) is 10.6. The summed E-state index contributed by atoms with van der Waals surface area (Å²) in [7, 11) is 0. The van der Waals surface area contributed by atoms with Crippen molar-refractivity contribution in [2.45, 2.75) is 26.9 Å². The number of nitrogens with zero attached hydrogens (tertiary/aromatic N) is 3. The highest BCUT2D eigenvalue weighted by Crippen LogP contribution is 2.22. The molecule has 1 aliphatic rings. The SMILES string of the molecule is CCn1c(N)c(/N=C2\C=CC(=O)c3cc[nH]c32)c(=O)n1CC. The molecular formula is C15H17N5O2. The molecule has 0 radical (unpaired) electrons. The van der Waals surface area contributed by atoms with Gasteiger partial charge in [-0.3, -0.25) is 14.3 Å². The Kier molecular flexibility index (Phi) is 3.32. The highest BCUT2D eigenvalue weighted by molar-refractivity contribution is 6.23. The molecule has 0 unspecified atom stereocenters. The van der Waals surface area contributed by atoms with Crippen LogP contribution in [0.1, 0.15) is 29.9 Å². The predicted octanol–water partition coefficient (Wildman–Crippen LogP) is 1.47. The zero-order valence-corrected chi connectivity index (χ0v) is 12.5. The quantitative estimate of drug-likeness (QED) is 0.898. The van der Waals surface area contributed by atoms with Crippen LogP contribution in [0.5, 0.6) is 0 Å². The summed E-state index contributed by atoms with van der Waals surface area (Å²) in [5.41, 5.74) is 7.73. The molecule has 3 rings (SSSR count). The average molecular weight is 299 g/mol. The van der Waals surface area contributed by atoms with Gasteiger partial charge in [0.15, 0.2) is 17.3 Å². The number of aromatic amines is 1. The first-order valence-corrected chi connectivity index (χ1v) is 7.16. The number of aliphatic imine (C=N–C) groups is 1.